The summed E-state index contributed by atoms with van der Waals surface area (Å²) in [5.41, 5.74) is -4.22. The molecule has 1 aromatic heterocycles. The predicted octanol–water partition coefficient (Wildman–Crippen LogP) is 4.08. The summed E-state index contributed by atoms with van der Waals surface area (Å²) >= 11 is 0. The molecule has 0 radical (unpaired) electrons. The number of hydrogen-bond donors (Lipinski definition) is 0. The highest BCUT2D eigenvalue weighted by molar-refractivity contribution is 5.30. The molecule has 11 heteroatoms. The summed E-state index contributed by atoms with van der Waals surface area (Å²) in [6.07, 6.45) is -14.8. The van der Waals surface area contributed by atoms with Crippen LogP contribution in [0.1, 0.15) is 17.7 Å². The molecule has 2 nitrogen and oxygen atoms in total. The molecule has 108 valence electrons. The zero-order valence-electron chi connectivity index (χ0n) is 8.41. The fraction of sp³-hybridized carbons (Fsp3) is 0.375. The third-order valence-electron chi connectivity index (χ3n) is 1.69. The highest BCUT2D eigenvalue weighted by Gasteiger charge is 2.41. The first-order chi connectivity index (χ1) is 8.42. The predicted molar refractivity (Wildman–Crippen MR) is 40.8 cm³/mol. The lowest BCUT2D eigenvalue weighted by atomic mass is 10.2. The largest absolute Gasteiger partial charge is 0.574 e. The molecule has 0 saturated heterocycles. The minimum atomic E-state index is -5.51. The van der Waals surface area contributed by atoms with E-state index in [0.717, 1.165) is 0 Å². The Morgan fingerprint density at radius 1 is 1.05 bits per heavy atom. The third-order valence-corrected chi connectivity index (χ3v) is 1.69. The second kappa shape index (κ2) is 4.78. The van der Waals surface area contributed by atoms with Crippen molar-refractivity contribution < 1.29 is 44.3 Å². The summed E-state index contributed by atoms with van der Waals surface area (Å²) in [5.74, 6) is -4.16. The summed E-state index contributed by atoms with van der Waals surface area (Å²) in [6.45, 7) is 0. The maximum Gasteiger partial charge on any atom is 0.574 e. The molecular formula is C8H2F9NO. The summed E-state index contributed by atoms with van der Waals surface area (Å²) in [6, 6.07) is -0.401. The lowest BCUT2D eigenvalue weighted by molar-refractivity contribution is -0.277. The SMILES string of the molecule is Fc1cc(C(F)F)c(C(F)(F)F)nc1OC(F)(F)F. The number of ether oxygens (including phenoxy) is 1. The average molecular weight is 299 g/mol. The van der Waals surface area contributed by atoms with Crippen LogP contribution >= 0.6 is 0 Å². The van der Waals surface area contributed by atoms with Gasteiger partial charge in [-0.1, -0.05) is 0 Å². The van der Waals surface area contributed by atoms with Gasteiger partial charge in [0.25, 0.3) is 12.3 Å². The number of nitrogens with zero attached hydrogens (tertiary/aromatic N) is 1. The molecule has 0 saturated carbocycles. The van der Waals surface area contributed by atoms with Crippen LogP contribution in [0.4, 0.5) is 39.5 Å². The molecule has 0 unspecified atom stereocenters. The number of rotatable bonds is 2. The van der Waals surface area contributed by atoms with E-state index in [1.54, 1.807) is 0 Å². The van der Waals surface area contributed by atoms with Crippen molar-refractivity contribution in [2.75, 3.05) is 0 Å². The van der Waals surface area contributed by atoms with Gasteiger partial charge in [0.2, 0.25) is 0 Å². The Kier molecular flexibility index (Phi) is 3.87. The molecule has 1 rings (SSSR count). The normalized spacial score (nSPS) is 12.9. The lowest BCUT2D eigenvalue weighted by Crippen LogP contribution is -2.21. The van der Waals surface area contributed by atoms with Crippen molar-refractivity contribution in [1.82, 2.24) is 4.98 Å². The van der Waals surface area contributed by atoms with Crippen LogP contribution in [0.15, 0.2) is 6.07 Å². The second-order valence-electron chi connectivity index (χ2n) is 3.06. The van der Waals surface area contributed by atoms with Crippen LogP contribution < -0.4 is 4.74 Å². The van der Waals surface area contributed by atoms with E-state index in [-0.39, 0.29) is 0 Å². The molecular weight excluding hydrogens is 297 g/mol. The fourth-order valence-electron chi connectivity index (χ4n) is 1.06. The number of pyridine rings is 1. The van der Waals surface area contributed by atoms with Crippen molar-refractivity contribution in [3.63, 3.8) is 0 Å². The van der Waals surface area contributed by atoms with E-state index in [2.05, 4.69) is 9.72 Å². The standard InChI is InChI=1S/C8H2F9NO/c9-3-1-2(5(10)11)4(7(12,13)14)18-6(3)19-8(15,16)17/h1,5H. The second-order valence-corrected chi connectivity index (χ2v) is 3.06. The molecule has 0 aliphatic carbocycles. The molecule has 0 N–H and O–H groups in total. The topological polar surface area (TPSA) is 22.1 Å². The third kappa shape index (κ3) is 3.89. The van der Waals surface area contributed by atoms with Crippen molar-refractivity contribution in [2.45, 2.75) is 19.0 Å². The molecule has 1 heterocycles. The van der Waals surface area contributed by atoms with E-state index in [0.29, 0.717) is 0 Å². The van der Waals surface area contributed by atoms with Crippen LogP contribution in [-0.2, 0) is 6.18 Å². The van der Waals surface area contributed by atoms with Gasteiger partial charge >= 0.3 is 12.5 Å². The van der Waals surface area contributed by atoms with Gasteiger partial charge in [0.15, 0.2) is 11.5 Å². The van der Waals surface area contributed by atoms with Gasteiger partial charge in [0.1, 0.15) is 0 Å². The van der Waals surface area contributed by atoms with Crippen molar-refractivity contribution in [2.24, 2.45) is 0 Å². The highest BCUT2D eigenvalue weighted by atomic mass is 19.4. The zero-order chi connectivity index (χ0) is 15.0. The van der Waals surface area contributed by atoms with Crippen molar-refractivity contribution in [3.05, 3.63) is 23.1 Å². The van der Waals surface area contributed by atoms with E-state index < -0.39 is 48.0 Å². The van der Waals surface area contributed by atoms with Gasteiger partial charge in [0.05, 0.1) is 5.56 Å². The quantitative estimate of drug-likeness (QED) is 0.768. The van der Waals surface area contributed by atoms with Crippen LogP contribution in [0.2, 0.25) is 0 Å². The Balaban J connectivity index is 3.39. The first-order valence-corrected chi connectivity index (χ1v) is 4.23. The molecule has 1 aromatic rings. The molecule has 0 aliphatic rings. The Bertz CT molecular complexity index is 465. The van der Waals surface area contributed by atoms with Crippen molar-refractivity contribution in [3.8, 4) is 5.88 Å². The van der Waals surface area contributed by atoms with E-state index in [1.807, 2.05) is 0 Å². The van der Waals surface area contributed by atoms with Crippen LogP contribution in [0.25, 0.3) is 0 Å². The number of halogens is 9. The Hall–Kier alpha value is -1.68. The molecule has 0 atom stereocenters. The lowest BCUT2D eigenvalue weighted by Gasteiger charge is -2.14. The summed E-state index contributed by atoms with van der Waals surface area (Å²) in [7, 11) is 0. The van der Waals surface area contributed by atoms with Gasteiger partial charge in [-0.3, -0.25) is 0 Å². The molecule has 0 aromatic carbocycles. The molecule has 0 spiro atoms. The van der Waals surface area contributed by atoms with Gasteiger partial charge < -0.3 is 4.74 Å². The zero-order valence-corrected chi connectivity index (χ0v) is 8.41. The van der Waals surface area contributed by atoms with E-state index in [9.17, 15) is 39.5 Å². The molecule has 0 aliphatic heterocycles. The summed E-state index contributed by atoms with van der Waals surface area (Å²) in [4.78, 5) is 2.13. The van der Waals surface area contributed by atoms with Crippen LogP contribution in [-0.4, -0.2) is 11.3 Å². The first kappa shape index (κ1) is 15.4. The number of alkyl halides is 8. The van der Waals surface area contributed by atoms with Crippen molar-refractivity contribution in [1.29, 1.82) is 0 Å². The van der Waals surface area contributed by atoms with Crippen LogP contribution in [0, 0.1) is 5.82 Å². The highest BCUT2D eigenvalue weighted by Crippen LogP contribution is 2.38. The molecule has 0 amide bonds. The molecule has 19 heavy (non-hydrogen) atoms. The maximum atomic E-state index is 12.9. The van der Waals surface area contributed by atoms with Gasteiger partial charge in [-0.2, -0.15) is 13.2 Å². The maximum absolute atomic E-state index is 12.9. The Morgan fingerprint density at radius 2 is 1.58 bits per heavy atom. The fourth-order valence-corrected chi connectivity index (χ4v) is 1.06. The summed E-state index contributed by atoms with van der Waals surface area (Å²) in [5, 5.41) is 0. The van der Waals surface area contributed by atoms with Gasteiger partial charge in [0, 0.05) is 0 Å². The molecule has 0 fully saturated rings. The first-order valence-electron chi connectivity index (χ1n) is 4.23. The number of aromatic nitrogens is 1. The smallest absolute Gasteiger partial charge is 0.385 e. The van der Waals surface area contributed by atoms with Gasteiger partial charge in [-0.15, -0.1) is 13.2 Å². The average Bonchev–Trinajstić information content (AvgIpc) is 2.16. The minimum absolute atomic E-state index is 0.401. The van der Waals surface area contributed by atoms with Gasteiger partial charge in [-0.05, 0) is 6.07 Å². The van der Waals surface area contributed by atoms with Crippen LogP contribution in [0.5, 0.6) is 5.88 Å². The Labute approximate surface area is 98.3 Å². The monoisotopic (exact) mass is 299 g/mol. The molecule has 0 bridgehead atoms. The minimum Gasteiger partial charge on any atom is -0.385 e. The van der Waals surface area contributed by atoms with E-state index >= 15 is 0 Å². The Morgan fingerprint density at radius 3 is 1.95 bits per heavy atom. The van der Waals surface area contributed by atoms with E-state index in [4.69, 9.17) is 0 Å². The number of hydrogen-bond acceptors (Lipinski definition) is 2. The van der Waals surface area contributed by atoms with E-state index in [1.165, 1.54) is 0 Å². The van der Waals surface area contributed by atoms with Crippen LogP contribution in [0.3, 0.4) is 0 Å². The van der Waals surface area contributed by atoms with Gasteiger partial charge in [-0.25, -0.2) is 18.2 Å². The summed E-state index contributed by atoms with van der Waals surface area (Å²) < 4.78 is 112. The van der Waals surface area contributed by atoms with Crippen molar-refractivity contribution >= 4 is 0 Å².